The summed E-state index contributed by atoms with van der Waals surface area (Å²) in [4.78, 5) is 17.0. The molecular formula is C20H19N3O2S. The molecule has 132 valence electrons. The molecule has 1 N–H and O–H groups in total. The van der Waals surface area contributed by atoms with Gasteiger partial charge in [0, 0.05) is 35.6 Å². The maximum absolute atomic E-state index is 12.7. The lowest BCUT2D eigenvalue weighted by Crippen LogP contribution is -2.32. The zero-order valence-electron chi connectivity index (χ0n) is 14.4. The number of ether oxygens (including phenoxy) is 1. The number of rotatable bonds is 4. The predicted molar refractivity (Wildman–Crippen MR) is 102 cm³/mol. The molecule has 1 atom stereocenters. The summed E-state index contributed by atoms with van der Waals surface area (Å²) in [5.41, 5.74) is 2.66. The molecule has 2 aromatic carbocycles. The molecule has 0 bridgehead atoms. The highest BCUT2D eigenvalue weighted by Gasteiger charge is 2.23. The van der Waals surface area contributed by atoms with Crippen molar-refractivity contribution in [2.24, 2.45) is 0 Å². The molecule has 1 aromatic heterocycles. The van der Waals surface area contributed by atoms with Gasteiger partial charge in [0.25, 0.3) is 5.91 Å². The van der Waals surface area contributed by atoms with Crippen LogP contribution in [0.4, 0.5) is 0 Å². The summed E-state index contributed by atoms with van der Waals surface area (Å²) in [7, 11) is 0. The van der Waals surface area contributed by atoms with Crippen LogP contribution >= 0.6 is 11.8 Å². The van der Waals surface area contributed by atoms with Crippen molar-refractivity contribution in [2.75, 3.05) is 12.9 Å². The number of fused-ring (bicyclic) bond motifs is 1. The molecule has 26 heavy (non-hydrogen) atoms. The van der Waals surface area contributed by atoms with Gasteiger partial charge in [0.05, 0.1) is 12.6 Å². The fourth-order valence-electron chi connectivity index (χ4n) is 3.14. The molecule has 0 spiro atoms. The van der Waals surface area contributed by atoms with Crippen molar-refractivity contribution in [3.8, 4) is 11.4 Å². The number of nitrogens with zero attached hydrogens (tertiary/aromatic N) is 2. The molecule has 0 saturated heterocycles. The van der Waals surface area contributed by atoms with E-state index in [1.165, 1.54) is 0 Å². The molecule has 6 heteroatoms. The van der Waals surface area contributed by atoms with E-state index in [9.17, 15) is 4.79 Å². The fraction of sp³-hybridized carbons (Fsp3) is 0.200. The Balaban J connectivity index is 1.51. The quantitative estimate of drug-likeness (QED) is 0.714. The van der Waals surface area contributed by atoms with E-state index in [2.05, 4.69) is 10.3 Å². The summed E-state index contributed by atoms with van der Waals surface area (Å²) in [6.45, 7) is 0.610. The van der Waals surface area contributed by atoms with Crippen LogP contribution < -0.4 is 10.1 Å². The lowest BCUT2D eigenvalue weighted by Gasteiger charge is -2.26. The van der Waals surface area contributed by atoms with Crippen LogP contribution in [-0.2, 0) is 0 Å². The largest absolute Gasteiger partial charge is 0.493 e. The molecule has 1 aliphatic rings. The molecule has 0 aliphatic carbocycles. The van der Waals surface area contributed by atoms with E-state index in [0.29, 0.717) is 12.2 Å². The first-order valence-electron chi connectivity index (χ1n) is 8.46. The van der Waals surface area contributed by atoms with E-state index in [4.69, 9.17) is 4.74 Å². The number of amides is 1. The summed E-state index contributed by atoms with van der Waals surface area (Å²) < 4.78 is 7.66. The Morgan fingerprint density at radius 2 is 2.04 bits per heavy atom. The second-order valence-electron chi connectivity index (χ2n) is 6.03. The van der Waals surface area contributed by atoms with Gasteiger partial charge >= 0.3 is 0 Å². The zero-order chi connectivity index (χ0) is 17.9. The Morgan fingerprint density at radius 3 is 2.85 bits per heavy atom. The second kappa shape index (κ2) is 7.25. The minimum absolute atomic E-state index is 0.0242. The van der Waals surface area contributed by atoms with E-state index in [1.807, 2.05) is 65.6 Å². The number of carbonyl (C=O) groups excluding carboxylic acids is 1. The van der Waals surface area contributed by atoms with Gasteiger partial charge in [-0.2, -0.15) is 0 Å². The highest BCUT2D eigenvalue weighted by molar-refractivity contribution is 7.98. The Hall–Kier alpha value is -2.73. The number of imidazole rings is 1. The molecule has 1 unspecified atom stereocenters. The number of benzene rings is 2. The third-order valence-electron chi connectivity index (χ3n) is 4.46. The first-order valence-corrected chi connectivity index (χ1v) is 9.69. The monoisotopic (exact) mass is 365 g/mol. The molecule has 4 rings (SSSR count). The number of carbonyl (C=O) groups is 1. The van der Waals surface area contributed by atoms with E-state index >= 15 is 0 Å². The van der Waals surface area contributed by atoms with Gasteiger partial charge in [0.1, 0.15) is 5.75 Å². The molecule has 1 amide bonds. The number of hydrogen-bond acceptors (Lipinski definition) is 4. The van der Waals surface area contributed by atoms with Crippen molar-refractivity contribution in [2.45, 2.75) is 17.6 Å². The summed E-state index contributed by atoms with van der Waals surface area (Å²) in [6, 6.07) is 15.4. The SMILES string of the molecule is CSc1nccn1-c1ccc(C(=O)NC2CCOc3ccccc32)cc1. The lowest BCUT2D eigenvalue weighted by molar-refractivity contribution is 0.0925. The van der Waals surface area contributed by atoms with Gasteiger partial charge in [-0.25, -0.2) is 4.98 Å². The van der Waals surface area contributed by atoms with E-state index in [0.717, 1.165) is 28.6 Å². The standard InChI is InChI=1S/C20H19N3O2S/c1-26-20-21-11-12-23(20)15-8-6-14(7-9-15)19(24)22-17-10-13-25-18-5-3-2-4-16(17)18/h2-9,11-12,17H,10,13H2,1H3,(H,22,24). The van der Waals surface area contributed by atoms with Gasteiger partial charge in [-0.1, -0.05) is 30.0 Å². The maximum atomic E-state index is 12.7. The average molecular weight is 365 g/mol. The zero-order valence-corrected chi connectivity index (χ0v) is 15.2. The second-order valence-corrected chi connectivity index (χ2v) is 6.81. The normalized spacial score (nSPS) is 15.8. The van der Waals surface area contributed by atoms with Gasteiger partial charge in [0.2, 0.25) is 0 Å². The van der Waals surface area contributed by atoms with Crippen LogP contribution in [0.3, 0.4) is 0 Å². The Labute approximate surface area is 156 Å². The first-order chi connectivity index (χ1) is 12.8. The van der Waals surface area contributed by atoms with Crippen LogP contribution in [0.5, 0.6) is 5.75 Å². The minimum Gasteiger partial charge on any atom is -0.493 e. The van der Waals surface area contributed by atoms with Crippen molar-refractivity contribution >= 4 is 17.7 Å². The number of aromatic nitrogens is 2. The Morgan fingerprint density at radius 1 is 1.23 bits per heavy atom. The van der Waals surface area contributed by atoms with Gasteiger partial charge in [-0.15, -0.1) is 0 Å². The molecule has 0 fully saturated rings. The third kappa shape index (κ3) is 3.20. The summed E-state index contributed by atoms with van der Waals surface area (Å²) in [5, 5.41) is 4.04. The van der Waals surface area contributed by atoms with Crippen molar-refractivity contribution < 1.29 is 9.53 Å². The van der Waals surface area contributed by atoms with Crippen LogP contribution in [0.15, 0.2) is 66.1 Å². The highest BCUT2D eigenvalue weighted by Crippen LogP contribution is 2.31. The smallest absolute Gasteiger partial charge is 0.251 e. The van der Waals surface area contributed by atoms with Gasteiger partial charge < -0.3 is 10.1 Å². The molecule has 2 heterocycles. The Kier molecular flexibility index (Phi) is 4.67. The van der Waals surface area contributed by atoms with Crippen molar-refractivity contribution in [3.05, 3.63) is 72.1 Å². The number of thioether (sulfide) groups is 1. The minimum atomic E-state index is -0.0750. The van der Waals surface area contributed by atoms with E-state index in [-0.39, 0.29) is 11.9 Å². The fourth-order valence-corrected chi connectivity index (χ4v) is 3.67. The average Bonchev–Trinajstić information content (AvgIpc) is 3.17. The summed E-state index contributed by atoms with van der Waals surface area (Å²) in [6.07, 6.45) is 6.45. The molecular weight excluding hydrogens is 346 g/mol. The van der Waals surface area contributed by atoms with Crippen LogP contribution in [-0.4, -0.2) is 28.3 Å². The first kappa shape index (κ1) is 16.7. The van der Waals surface area contributed by atoms with Crippen molar-refractivity contribution in [1.29, 1.82) is 0 Å². The lowest BCUT2D eigenvalue weighted by atomic mass is 10.00. The van der Waals surface area contributed by atoms with Crippen molar-refractivity contribution in [3.63, 3.8) is 0 Å². The molecule has 3 aromatic rings. The predicted octanol–water partition coefficient (Wildman–Crippen LogP) is 3.85. The molecule has 5 nitrogen and oxygen atoms in total. The van der Waals surface area contributed by atoms with Crippen LogP contribution in [0.1, 0.15) is 28.4 Å². The number of hydrogen-bond donors (Lipinski definition) is 1. The summed E-state index contributed by atoms with van der Waals surface area (Å²) in [5.74, 6) is 0.776. The van der Waals surface area contributed by atoms with Gasteiger partial charge in [-0.05, 0) is 36.6 Å². The van der Waals surface area contributed by atoms with Crippen LogP contribution in [0.25, 0.3) is 5.69 Å². The molecule has 0 saturated carbocycles. The van der Waals surface area contributed by atoms with E-state index < -0.39 is 0 Å². The maximum Gasteiger partial charge on any atom is 0.251 e. The molecule has 1 aliphatic heterocycles. The Bertz CT molecular complexity index is 921. The van der Waals surface area contributed by atoms with Gasteiger partial charge in [-0.3, -0.25) is 9.36 Å². The van der Waals surface area contributed by atoms with Crippen molar-refractivity contribution in [1.82, 2.24) is 14.9 Å². The third-order valence-corrected chi connectivity index (χ3v) is 5.13. The summed E-state index contributed by atoms with van der Waals surface area (Å²) >= 11 is 1.58. The number of nitrogens with one attached hydrogen (secondary N) is 1. The van der Waals surface area contributed by atoms with Gasteiger partial charge in [0.15, 0.2) is 5.16 Å². The topological polar surface area (TPSA) is 56.2 Å². The highest BCUT2D eigenvalue weighted by atomic mass is 32.2. The van der Waals surface area contributed by atoms with E-state index in [1.54, 1.807) is 18.0 Å². The van der Waals surface area contributed by atoms with Crippen LogP contribution in [0, 0.1) is 0 Å². The van der Waals surface area contributed by atoms with Crippen LogP contribution in [0.2, 0.25) is 0 Å². The number of para-hydroxylation sites is 1. The molecule has 0 radical (unpaired) electrons.